The largest absolute Gasteiger partial charge is 0.397 e. The number of carbonyl (C=O) groups excluding carboxylic acids is 1. The van der Waals surface area contributed by atoms with Gasteiger partial charge in [-0.1, -0.05) is 24.5 Å². The van der Waals surface area contributed by atoms with E-state index in [1.165, 1.54) is 29.7 Å². The molecule has 106 valence electrons. The van der Waals surface area contributed by atoms with Gasteiger partial charge in [0.2, 0.25) is 0 Å². The number of thiophene rings is 1. The molecule has 0 saturated carbocycles. The van der Waals surface area contributed by atoms with Gasteiger partial charge in [-0.2, -0.15) is 0 Å². The Kier molecular flexibility index (Phi) is 3.66. The van der Waals surface area contributed by atoms with E-state index in [0.29, 0.717) is 10.6 Å². The van der Waals surface area contributed by atoms with Crippen molar-refractivity contribution in [2.45, 2.75) is 32.6 Å². The molecule has 1 saturated heterocycles. The molecule has 1 fully saturated rings. The first-order chi connectivity index (χ1) is 9.66. The van der Waals surface area contributed by atoms with Crippen LogP contribution in [0.15, 0.2) is 18.2 Å². The van der Waals surface area contributed by atoms with Gasteiger partial charge in [0.15, 0.2) is 0 Å². The molecule has 1 aromatic carbocycles. The van der Waals surface area contributed by atoms with E-state index in [1.807, 2.05) is 11.8 Å². The first-order valence-corrected chi connectivity index (χ1v) is 8.06. The van der Waals surface area contributed by atoms with Gasteiger partial charge in [0.05, 0.1) is 5.69 Å². The van der Waals surface area contributed by atoms with Crippen LogP contribution in [0.1, 0.15) is 40.9 Å². The summed E-state index contributed by atoms with van der Waals surface area (Å²) < 4.78 is 1.10. The fourth-order valence-electron chi connectivity index (χ4n) is 2.81. The fourth-order valence-corrected chi connectivity index (χ4v) is 3.88. The number of fused-ring (bicyclic) bond motifs is 1. The summed E-state index contributed by atoms with van der Waals surface area (Å²) in [6, 6.07) is 6.20. The van der Waals surface area contributed by atoms with Crippen molar-refractivity contribution in [1.82, 2.24) is 4.90 Å². The molecule has 0 spiro atoms. The minimum Gasteiger partial charge on any atom is -0.397 e. The Morgan fingerprint density at radius 2 is 1.90 bits per heavy atom. The zero-order chi connectivity index (χ0) is 14.1. The summed E-state index contributed by atoms with van der Waals surface area (Å²) in [6.45, 7) is 3.78. The summed E-state index contributed by atoms with van der Waals surface area (Å²) in [5.74, 6) is 0.114. The number of nitrogens with two attached hydrogens (primary N) is 1. The average molecular weight is 288 g/mol. The Balaban J connectivity index is 1.96. The number of aryl methyl sites for hydroxylation is 1. The van der Waals surface area contributed by atoms with Crippen LogP contribution in [-0.4, -0.2) is 23.9 Å². The van der Waals surface area contributed by atoms with Gasteiger partial charge in [-0.05, 0) is 31.9 Å². The van der Waals surface area contributed by atoms with E-state index in [1.54, 1.807) is 0 Å². The molecule has 1 amide bonds. The van der Waals surface area contributed by atoms with Crippen molar-refractivity contribution in [3.63, 3.8) is 0 Å². The van der Waals surface area contributed by atoms with Gasteiger partial charge < -0.3 is 10.6 Å². The van der Waals surface area contributed by atoms with Crippen molar-refractivity contribution in [3.05, 3.63) is 28.6 Å². The van der Waals surface area contributed by atoms with E-state index in [4.69, 9.17) is 5.73 Å². The number of hydrogen-bond donors (Lipinski definition) is 1. The Bertz CT molecular complexity index is 639. The number of carbonyl (C=O) groups is 1. The lowest BCUT2D eigenvalue weighted by Gasteiger charge is -2.19. The minimum absolute atomic E-state index is 0.114. The minimum atomic E-state index is 0.114. The number of nitrogen functional groups attached to an aromatic ring is 1. The molecule has 1 aromatic heterocycles. The molecular weight excluding hydrogens is 268 g/mol. The molecule has 1 aliphatic heterocycles. The topological polar surface area (TPSA) is 46.3 Å². The number of hydrogen-bond acceptors (Lipinski definition) is 3. The maximum atomic E-state index is 12.7. The standard InChI is InChI=1S/C16H20N2OS/c1-11-6-7-13-12(10-11)14(17)15(20-13)16(19)18-8-4-2-3-5-9-18/h6-7,10H,2-5,8-9,17H2,1H3. The predicted octanol–water partition coefficient (Wildman–Crippen LogP) is 3.81. The zero-order valence-corrected chi connectivity index (χ0v) is 12.6. The quantitative estimate of drug-likeness (QED) is 0.867. The van der Waals surface area contributed by atoms with Gasteiger partial charge in [-0.3, -0.25) is 4.79 Å². The molecule has 3 nitrogen and oxygen atoms in total. The highest BCUT2D eigenvalue weighted by molar-refractivity contribution is 7.21. The first kappa shape index (κ1) is 13.4. The van der Waals surface area contributed by atoms with Crippen LogP contribution in [-0.2, 0) is 0 Å². The lowest BCUT2D eigenvalue weighted by molar-refractivity contribution is 0.0767. The maximum Gasteiger partial charge on any atom is 0.266 e. The van der Waals surface area contributed by atoms with E-state index in [9.17, 15) is 4.79 Å². The molecule has 0 radical (unpaired) electrons. The maximum absolute atomic E-state index is 12.7. The number of likely N-dealkylation sites (tertiary alicyclic amines) is 1. The molecule has 4 heteroatoms. The molecule has 3 rings (SSSR count). The third kappa shape index (κ3) is 2.40. The molecule has 0 unspecified atom stereocenters. The lowest BCUT2D eigenvalue weighted by Crippen LogP contribution is -2.31. The number of amides is 1. The molecule has 2 N–H and O–H groups in total. The Morgan fingerprint density at radius 3 is 2.60 bits per heavy atom. The third-order valence-corrected chi connectivity index (χ3v) is 5.14. The normalized spacial score (nSPS) is 16.4. The highest BCUT2D eigenvalue weighted by Gasteiger charge is 2.22. The third-order valence-electron chi connectivity index (χ3n) is 3.97. The SMILES string of the molecule is Cc1ccc2sc(C(=O)N3CCCCCC3)c(N)c2c1. The van der Waals surface area contributed by atoms with Crippen LogP contribution in [0, 0.1) is 6.92 Å². The predicted molar refractivity (Wildman–Crippen MR) is 85.3 cm³/mol. The zero-order valence-electron chi connectivity index (χ0n) is 11.8. The Hall–Kier alpha value is -1.55. The van der Waals surface area contributed by atoms with Gasteiger partial charge in [-0.25, -0.2) is 0 Å². The second-order valence-corrected chi connectivity index (χ2v) is 6.60. The van der Waals surface area contributed by atoms with E-state index in [-0.39, 0.29) is 5.91 Å². The van der Waals surface area contributed by atoms with Crippen molar-refractivity contribution < 1.29 is 4.79 Å². The Labute approximate surface area is 123 Å². The van der Waals surface area contributed by atoms with Crippen LogP contribution in [0.5, 0.6) is 0 Å². The number of anilines is 1. The van der Waals surface area contributed by atoms with Crippen molar-refractivity contribution in [3.8, 4) is 0 Å². The van der Waals surface area contributed by atoms with E-state index in [0.717, 1.165) is 36.0 Å². The average Bonchev–Trinajstić information content (AvgIpc) is 2.66. The van der Waals surface area contributed by atoms with Crippen LogP contribution in [0.4, 0.5) is 5.69 Å². The number of nitrogens with zero attached hydrogens (tertiary/aromatic N) is 1. The number of benzene rings is 1. The van der Waals surface area contributed by atoms with Crippen LogP contribution in [0.3, 0.4) is 0 Å². The molecule has 2 heterocycles. The van der Waals surface area contributed by atoms with Crippen LogP contribution in [0.2, 0.25) is 0 Å². The second kappa shape index (κ2) is 5.44. The molecule has 0 aliphatic carbocycles. The van der Waals surface area contributed by atoms with E-state index in [2.05, 4.69) is 18.2 Å². The van der Waals surface area contributed by atoms with Gasteiger partial charge in [0.1, 0.15) is 4.88 Å². The first-order valence-electron chi connectivity index (χ1n) is 7.25. The molecule has 0 atom stereocenters. The van der Waals surface area contributed by atoms with Crippen molar-refractivity contribution in [1.29, 1.82) is 0 Å². The van der Waals surface area contributed by atoms with Crippen LogP contribution >= 0.6 is 11.3 Å². The lowest BCUT2D eigenvalue weighted by atomic mass is 10.1. The smallest absolute Gasteiger partial charge is 0.266 e. The van der Waals surface area contributed by atoms with E-state index < -0.39 is 0 Å². The molecular formula is C16H20N2OS. The summed E-state index contributed by atoms with van der Waals surface area (Å²) in [5, 5.41) is 1.02. The summed E-state index contributed by atoms with van der Waals surface area (Å²) in [7, 11) is 0. The van der Waals surface area contributed by atoms with Gasteiger partial charge in [0.25, 0.3) is 5.91 Å². The van der Waals surface area contributed by atoms with Crippen LogP contribution < -0.4 is 5.73 Å². The Morgan fingerprint density at radius 1 is 1.20 bits per heavy atom. The molecule has 2 aromatic rings. The molecule has 1 aliphatic rings. The van der Waals surface area contributed by atoms with Crippen molar-refractivity contribution in [2.24, 2.45) is 0 Å². The highest BCUT2D eigenvalue weighted by Crippen LogP contribution is 2.35. The van der Waals surface area contributed by atoms with Crippen LogP contribution in [0.25, 0.3) is 10.1 Å². The van der Waals surface area contributed by atoms with E-state index >= 15 is 0 Å². The van der Waals surface area contributed by atoms with Gasteiger partial charge in [-0.15, -0.1) is 11.3 Å². The van der Waals surface area contributed by atoms with Gasteiger partial charge >= 0.3 is 0 Å². The molecule has 0 bridgehead atoms. The summed E-state index contributed by atoms with van der Waals surface area (Å²) in [6.07, 6.45) is 4.67. The second-order valence-electron chi connectivity index (χ2n) is 5.55. The summed E-state index contributed by atoms with van der Waals surface area (Å²) >= 11 is 1.52. The fraction of sp³-hybridized carbons (Fsp3) is 0.438. The monoisotopic (exact) mass is 288 g/mol. The molecule has 20 heavy (non-hydrogen) atoms. The summed E-state index contributed by atoms with van der Waals surface area (Å²) in [4.78, 5) is 15.4. The van der Waals surface area contributed by atoms with Crippen molar-refractivity contribution >= 4 is 33.0 Å². The summed E-state index contributed by atoms with van der Waals surface area (Å²) in [5.41, 5.74) is 8.05. The highest BCUT2D eigenvalue weighted by atomic mass is 32.1. The number of rotatable bonds is 1. The van der Waals surface area contributed by atoms with Crippen molar-refractivity contribution in [2.75, 3.05) is 18.8 Å². The van der Waals surface area contributed by atoms with Gasteiger partial charge in [0, 0.05) is 23.2 Å².